The second kappa shape index (κ2) is 4.09. The highest BCUT2D eigenvalue weighted by Crippen LogP contribution is 2.31. The maximum Gasteiger partial charge on any atom is 0.416 e. The lowest BCUT2D eigenvalue weighted by molar-refractivity contribution is -0.147. The molecular weight excluding hydrogens is 232 g/mol. The summed E-state index contributed by atoms with van der Waals surface area (Å²) in [6.45, 7) is 0. The molecule has 0 aliphatic rings. The lowest BCUT2D eigenvalue weighted by Crippen LogP contribution is -2.14. The van der Waals surface area contributed by atoms with Crippen LogP contribution in [-0.4, -0.2) is 16.2 Å². The normalized spacial score (nSPS) is 13.6. The van der Waals surface area contributed by atoms with Gasteiger partial charge in [0.15, 0.2) is 6.10 Å². The number of halogens is 4. The summed E-state index contributed by atoms with van der Waals surface area (Å²) in [6.07, 6.45) is -7.04. The van der Waals surface area contributed by atoms with Crippen molar-refractivity contribution in [2.75, 3.05) is 0 Å². The van der Waals surface area contributed by atoms with Crippen LogP contribution in [0, 0.1) is 5.82 Å². The van der Waals surface area contributed by atoms with E-state index >= 15 is 0 Å². The van der Waals surface area contributed by atoms with E-state index in [9.17, 15) is 22.4 Å². The van der Waals surface area contributed by atoms with Crippen molar-refractivity contribution in [1.82, 2.24) is 0 Å². The fourth-order valence-corrected chi connectivity index (χ4v) is 1.06. The van der Waals surface area contributed by atoms with E-state index < -0.39 is 35.2 Å². The van der Waals surface area contributed by atoms with Gasteiger partial charge in [0.25, 0.3) is 0 Å². The summed E-state index contributed by atoms with van der Waals surface area (Å²) in [6, 6.07) is 1.20. The molecule has 1 aromatic carbocycles. The average Bonchev–Trinajstić information content (AvgIpc) is 2.15. The molecule has 88 valence electrons. The Morgan fingerprint density at radius 3 is 2.31 bits per heavy atom. The second-order valence-electron chi connectivity index (χ2n) is 2.97. The first-order valence-electron chi connectivity index (χ1n) is 4.01. The van der Waals surface area contributed by atoms with Gasteiger partial charge in [-0.05, 0) is 18.2 Å². The highest BCUT2D eigenvalue weighted by atomic mass is 19.4. The molecule has 0 unspecified atom stereocenters. The standard InChI is InChI=1S/C9H6F4O3/c10-6-2-1-4(9(11,12)13)3-5(6)7(14)8(15)16/h1-3,7,14H,(H,15,16)/t7-/m0/s1. The molecule has 1 rings (SSSR count). The fourth-order valence-electron chi connectivity index (χ4n) is 1.06. The van der Waals surface area contributed by atoms with Crippen LogP contribution in [-0.2, 0) is 11.0 Å². The molecule has 0 saturated heterocycles. The number of aliphatic hydroxyl groups is 1. The van der Waals surface area contributed by atoms with E-state index in [0.717, 1.165) is 0 Å². The van der Waals surface area contributed by atoms with Crippen molar-refractivity contribution < 1.29 is 32.6 Å². The van der Waals surface area contributed by atoms with Gasteiger partial charge >= 0.3 is 12.1 Å². The molecule has 0 saturated carbocycles. The Bertz CT molecular complexity index is 414. The first-order valence-corrected chi connectivity index (χ1v) is 4.01. The van der Waals surface area contributed by atoms with E-state index in [4.69, 9.17) is 10.2 Å². The molecule has 0 radical (unpaired) electrons. The Hall–Kier alpha value is -1.63. The molecule has 0 aliphatic carbocycles. The molecule has 0 spiro atoms. The monoisotopic (exact) mass is 238 g/mol. The Balaban J connectivity index is 3.24. The summed E-state index contributed by atoms with van der Waals surface area (Å²) in [5.41, 5.74) is -2.13. The van der Waals surface area contributed by atoms with Crippen molar-refractivity contribution in [3.63, 3.8) is 0 Å². The van der Waals surface area contributed by atoms with Gasteiger partial charge < -0.3 is 10.2 Å². The fraction of sp³-hybridized carbons (Fsp3) is 0.222. The van der Waals surface area contributed by atoms with Crippen molar-refractivity contribution in [2.45, 2.75) is 12.3 Å². The molecule has 0 heterocycles. The van der Waals surface area contributed by atoms with Crippen molar-refractivity contribution in [3.05, 3.63) is 35.1 Å². The number of rotatable bonds is 2. The first-order chi connectivity index (χ1) is 7.23. The second-order valence-corrected chi connectivity index (χ2v) is 2.97. The molecule has 0 bridgehead atoms. The van der Waals surface area contributed by atoms with Gasteiger partial charge in [0, 0.05) is 5.56 Å². The van der Waals surface area contributed by atoms with Gasteiger partial charge in [-0.3, -0.25) is 0 Å². The first kappa shape index (κ1) is 12.4. The highest BCUT2D eigenvalue weighted by Gasteiger charge is 2.32. The molecule has 1 aromatic rings. The predicted molar refractivity (Wildman–Crippen MR) is 44.0 cm³/mol. The third-order valence-electron chi connectivity index (χ3n) is 1.85. The lowest BCUT2D eigenvalue weighted by atomic mass is 10.1. The number of carboxylic acid groups (broad SMARTS) is 1. The Kier molecular flexibility index (Phi) is 3.18. The maximum absolute atomic E-state index is 13.0. The Labute approximate surface area is 86.9 Å². The van der Waals surface area contributed by atoms with Crippen molar-refractivity contribution in [1.29, 1.82) is 0 Å². The number of carbonyl (C=O) groups is 1. The minimum Gasteiger partial charge on any atom is -0.479 e. The summed E-state index contributed by atoms with van der Waals surface area (Å²) in [5.74, 6) is -3.03. The molecule has 0 fully saturated rings. The smallest absolute Gasteiger partial charge is 0.416 e. The van der Waals surface area contributed by atoms with Crippen LogP contribution in [0.2, 0.25) is 0 Å². The SMILES string of the molecule is O=C(O)[C@@H](O)c1cc(C(F)(F)F)ccc1F. The van der Waals surface area contributed by atoms with Crippen LogP contribution in [0.4, 0.5) is 17.6 Å². The number of benzene rings is 1. The van der Waals surface area contributed by atoms with E-state index in [1.54, 1.807) is 0 Å². The molecule has 1 atom stereocenters. The number of hydrogen-bond acceptors (Lipinski definition) is 2. The lowest BCUT2D eigenvalue weighted by Gasteiger charge is -2.11. The van der Waals surface area contributed by atoms with E-state index in [1.165, 1.54) is 0 Å². The van der Waals surface area contributed by atoms with Crippen LogP contribution in [0.15, 0.2) is 18.2 Å². The zero-order valence-corrected chi connectivity index (χ0v) is 7.62. The zero-order valence-electron chi connectivity index (χ0n) is 7.62. The van der Waals surface area contributed by atoms with Gasteiger partial charge in [-0.25, -0.2) is 9.18 Å². The summed E-state index contributed by atoms with van der Waals surface area (Å²) in [4.78, 5) is 10.3. The molecule has 0 amide bonds. The number of alkyl halides is 3. The highest BCUT2D eigenvalue weighted by molar-refractivity contribution is 5.74. The van der Waals surface area contributed by atoms with Gasteiger partial charge in [0.05, 0.1) is 5.56 Å². The molecule has 3 nitrogen and oxygen atoms in total. The van der Waals surface area contributed by atoms with E-state index in [0.29, 0.717) is 12.1 Å². The van der Waals surface area contributed by atoms with Crippen LogP contribution >= 0.6 is 0 Å². The van der Waals surface area contributed by atoms with E-state index in [1.807, 2.05) is 0 Å². The van der Waals surface area contributed by atoms with Crippen molar-refractivity contribution >= 4 is 5.97 Å². The van der Waals surface area contributed by atoms with Crippen molar-refractivity contribution in [2.24, 2.45) is 0 Å². The van der Waals surface area contributed by atoms with Gasteiger partial charge in [-0.15, -0.1) is 0 Å². The van der Waals surface area contributed by atoms with Crippen molar-refractivity contribution in [3.8, 4) is 0 Å². The Morgan fingerprint density at radius 2 is 1.88 bits per heavy atom. The quantitative estimate of drug-likeness (QED) is 0.774. The summed E-state index contributed by atoms with van der Waals surface area (Å²) in [5, 5.41) is 17.3. The maximum atomic E-state index is 13.0. The van der Waals surface area contributed by atoms with Gasteiger partial charge in [-0.1, -0.05) is 0 Å². The van der Waals surface area contributed by atoms with Gasteiger partial charge in [0.1, 0.15) is 5.82 Å². The zero-order chi connectivity index (χ0) is 12.5. The molecule has 16 heavy (non-hydrogen) atoms. The number of aliphatic carboxylic acids is 1. The summed E-state index contributed by atoms with van der Waals surface area (Å²) >= 11 is 0. The minimum absolute atomic E-state index is 0.272. The van der Waals surface area contributed by atoms with Crippen LogP contribution in [0.3, 0.4) is 0 Å². The number of hydrogen-bond donors (Lipinski definition) is 2. The van der Waals surface area contributed by atoms with Crippen LogP contribution < -0.4 is 0 Å². The molecule has 0 aliphatic heterocycles. The molecular formula is C9H6F4O3. The molecule has 7 heteroatoms. The predicted octanol–water partition coefficient (Wildman–Crippen LogP) is 1.96. The van der Waals surface area contributed by atoms with Crippen LogP contribution in [0.5, 0.6) is 0 Å². The summed E-state index contributed by atoms with van der Waals surface area (Å²) < 4.78 is 49.6. The topological polar surface area (TPSA) is 57.5 Å². The molecule has 0 aromatic heterocycles. The minimum atomic E-state index is -4.72. The third-order valence-corrected chi connectivity index (χ3v) is 1.85. The third kappa shape index (κ3) is 2.48. The number of aliphatic hydroxyl groups excluding tert-OH is 1. The van der Waals surface area contributed by atoms with E-state index in [2.05, 4.69) is 0 Å². The molecule has 2 N–H and O–H groups in total. The van der Waals surface area contributed by atoms with Gasteiger partial charge in [0.2, 0.25) is 0 Å². The Morgan fingerprint density at radius 1 is 1.31 bits per heavy atom. The average molecular weight is 238 g/mol. The van der Waals surface area contributed by atoms with E-state index in [-0.39, 0.29) is 6.07 Å². The van der Waals surface area contributed by atoms with Gasteiger partial charge in [-0.2, -0.15) is 13.2 Å². The number of carboxylic acids is 1. The largest absolute Gasteiger partial charge is 0.479 e. The summed E-state index contributed by atoms with van der Waals surface area (Å²) in [7, 11) is 0. The van der Waals surface area contributed by atoms with Crippen LogP contribution in [0.25, 0.3) is 0 Å². The van der Waals surface area contributed by atoms with Crippen LogP contribution in [0.1, 0.15) is 17.2 Å².